The molecule has 4 fully saturated rings. The van der Waals surface area contributed by atoms with Crippen LogP contribution in [0.4, 0.5) is 0 Å². The molecule has 1 aromatic heterocycles. The zero-order valence-corrected chi connectivity index (χ0v) is 16.9. The van der Waals surface area contributed by atoms with Gasteiger partial charge in [0.1, 0.15) is 11.3 Å². The molecule has 0 radical (unpaired) electrons. The van der Waals surface area contributed by atoms with Crippen molar-refractivity contribution in [2.45, 2.75) is 37.8 Å². The number of ether oxygens (including phenoxy) is 1. The monoisotopic (exact) mass is 393 g/mol. The first kappa shape index (κ1) is 18.4. The van der Waals surface area contributed by atoms with Crippen molar-refractivity contribution in [3.63, 3.8) is 0 Å². The molecule has 4 saturated heterocycles. The smallest absolute Gasteiger partial charge is 0.260 e. The first-order valence-corrected chi connectivity index (χ1v) is 10.5. The Morgan fingerprint density at radius 1 is 1.07 bits per heavy atom. The van der Waals surface area contributed by atoms with E-state index in [2.05, 4.69) is 22.0 Å². The topological polar surface area (TPSA) is 65.6 Å². The Morgan fingerprint density at radius 3 is 2.45 bits per heavy atom. The molecule has 2 bridgehead atoms. The number of aromatic amines is 1. The summed E-state index contributed by atoms with van der Waals surface area (Å²) in [5.74, 6) is 1.48. The molecule has 0 spiro atoms. The highest BCUT2D eigenvalue weighted by Gasteiger charge is 2.54. The molecule has 6 rings (SSSR count). The molecule has 5 heterocycles. The summed E-state index contributed by atoms with van der Waals surface area (Å²) in [7, 11) is 1.67. The van der Waals surface area contributed by atoms with Gasteiger partial charge in [0.05, 0.1) is 13.2 Å². The second kappa shape index (κ2) is 7.02. The van der Waals surface area contributed by atoms with Crippen molar-refractivity contribution in [2.24, 2.45) is 5.92 Å². The Labute approximate surface area is 170 Å². The number of hydrogen-bond acceptors (Lipinski definition) is 4. The van der Waals surface area contributed by atoms with E-state index in [1.165, 1.54) is 5.56 Å². The van der Waals surface area contributed by atoms with Gasteiger partial charge in [0, 0.05) is 24.2 Å². The first-order valence-electron chi connectivity index (χ1n) is 10.5. The van der Waals surface area contributed by atoms with E-state index in [0.717, 1.165) is 37.4 Å². The van der Waals surface area contributed by atoms with Gasteiger partial charge in [-0.05, 0) is 68.6 Å². The second-order valence-electron chi connectivity index (χ2n) is 8.58. The van der Waals surface area contributed by atoms with E-state index in [0.29, 0.717) is 18.5 Å². The molecule has 4 aliphatic heterocycles. The van der Waals surface area contributed by atoms with Crippen molar-refractivity contribution >= 4 is 5.91 Å². The van der Waals surface area contributed by atoms with Crippen LogP contribution in [0.15, 0.2) is 41.2 Å². The van der Waals surface area contributed by atoms with Crippen LogP contribution in [0, 0.1) is 12.8 Å². The maximum Gasteiger partial charge on any atom is 0.260 e. The standard InChI is InChI=1S/C23H27N3O3/c1-14-3-8-18(22(27)24-14)23(28)26-13-19(15-4-6-17(29-2)7-5-15)21-20(26)16-9-11-25(21)12-10-16/h3-8,16,19-21H,9-13H2,1-2H3,(H,24,27)/t19-,20+,21+/m0/s1. The zero-order valence-electron chi connectivity index (χ0n) is 16.9. The average molecular weight is 393 g/mol. The molecule has 0 aliphatic carbocycles. The summed E-state index contributed by atoms with van der Waals surface area (Å²) in [6.45, 7) is 4.69. The molecular weight excluding hydrogens is 366 g/mol. The molecule has 152 valence electrons. The summed E-state index contributed by atoms with van der Waals surface area (Å²) in [5.41, 5.74) is 1.97. The third-order valence-corrected chi connectivity index (χ3v) is 7.08. The number of methoxy groups -OCH3 is 1. The summed E-state index contributed by atoms with van der Waals surface area (Å²) in [6, 6.07) is 12.2. The third kappa shape index (κ3) is 2.97. The number of piperidine rings is 3. The van der Waals surface area contributed by atoms with E-state index in [1.807, 2.05) is 24.0 Å². The van der Waals surface area contributed by atoms with Gasteiger partial charge in [-0.2, -0.15) is 0 Å². The molecule has 1 N–H and O–H groups in total. The van der Waals surface area contributed by atoms with Crippen LogP contribution in [0.1, 0.15) is 40.4 Å². The lowest BCUT2D eigenvalue weighted by atomic mass is 9.75. The van der Waals surface area contributed by atoms with Crippen LogP contribution < -0.4 is 10.3 Å². The number of aryl methyl sites for hydroxylation is 1. The Kier molecular flexibility index (Phi) is 4.46. The summed E-state index contributed by atoms with van der Waals surface area (Å²) in [5, 5.41) is 0. The van der Waals surface area contributed by atoms with Gasteiger partial charge in [0.25, 0.3) is 11.5 Å². The molecule has 3 atom stereocenters. The minimum absolute atomic E-state index is 0.133. The molecule has 2 aromatic rings. The lowest BCUT2D eigenvalue weighted by Gasteiger charge is -2.51. The van der Waals surface area contributed by atoms with Crippen LogP contribution in [0.3, 0.4) is 0 Å². The number of carbonyl (C=O) groups is 1. The van der Waals surface area contributed by atoms with Crippen LogP contribution >= 0.6 is 0 Å². The lowest BCUT2D eigenvalue weighted by Crippen LogP contribution is -2.61. The molecule has 29 heavy (non-hydrogen) atoms. The Balaban J connectivity index is 1.52. The molecular formula is C23H27N3O3. The average Bonchev–Trinajstić information content (AvgIpc) is 3.17. The number of H-pyrrole nitrogens is 1. The van der Waals surface area contributed by atoms with Crippen molar-refractivity contribution in [1.29, 1.82) is 0 Å². The van der Waals surface area contributed by atoms with Crippen molar-refractivity contribution in [2.75, 3.05) is 26.7 Å². The predicted molar refractivity (Wildman–Crippen MR) is 110 cm³/mol. The van der Waals surface area contributed by atoms with E-state index < -0.39 is 0 Å². The van der Waals surface area contributed by atoms with Crippen molar-refractivity contribution < 1.29 is 9.53 Å². The van der Waals surface area contributed by atoms with Crippen molar-refractivity contribution in [3.05, 3.63) is 63.6 Å². The van der Waals surface area contributed by atoms with Crippen LogP contribution in [-0.2, 0) is 0 Å². The summed E-state index contributed by atoms with van der Waals surface area (Å²) in [6.07, 6.45) is 2.26. The van der Waals surface area contributed by atoms with Gasteiger partial charge in [-0.15, -0.1) is 0 Å². The third-order valence-electron chi connectivity index (χ3n) is 7.08. The normalized spacial score (nSPS) is 30.3. The van der Waals surface area contributed by atoms with Crippen LogP contribution in [0.5, 0.6) is 5.75 Å². The number of nitrogens with one attached hydrogen (secondary N) is 1. The van der Waals surface area contributed by atoms with Gasteiger partial charge in [0.2, 0.25) is 0 Å². The molecule has 0 saturated carbocycles. The summed E-state index contributed by atoms with van der Waals surface area (Å²) >= 11 is 0. The summed E-state index contributed by atoms with van der Waals surface area (Å²) in [4.78, 5) is 33.2. The van der Waals surface area contributed by atoms with Crippen molar-refractivity contribution in [3.8, 4) is 5.75 Å². The van der Waals surface area contributed by atoms with E-state index in [-0.39, 0.29) is 29.0 Å². The molecule has 6 nitrogen and oxygen atoms in total. The van der Waals surface area contributed by atoms with E-state index in [1.54, 1.807) is 19.2 Å². The van der Waals surface area contributed by atoms with Gasteiger partial charge in [0.15, 0.2) is 0 Å². The number of amides is 1. The lowest BCUT2D eigenvalue weighted by molar-refractivity contribution is -0.00346. The quantitative estimate of drug-likeness (QED) is 0.870. The molecule has 0 unspecified atom stereocenters. The number of hydrogen-bond donors (Lipinski definition) is 1. The Bertz CT molecular complexity index is 976. The first-order chi connectivity index (χ1) is 14.1. The van der Waals surface area contributed by atoms with E-state index in [9.17, 15) is 9.59 Å². The van der Waals surface area contributed by atoms with Gasteiger partial charge in [-0.3, -0.25) is 14.5 Å². The minimum atomic E-state index is -0.291. The Hall–Kier alpha value is -2.60. The van der Waals surface area contributed by atoms with Crippen LogP contribution in [0.25, 0.3) is 0 Å². The fraction of sp³-hybridized carbons (Fsp3) is 0.478. The van der Waals surface area contributed by atoms with Crippen LogP contribution in [-0.4, -0.2) is 59.5 Å². The predicted octanol–water partition coefficient (Wildman–Crippen LogP) is 2.39. The maximum absolute atomic E-state index is 13.5. The van der Waals surface area contributed by atoms with Gasteiger partial charge < -0.3 is 14.6 Å². The van der Waals surface area contributed by atoms with Crippen LogP contribution in [0.2, 0.25) is 0 Å². The highest BCUT2D eigenvalue weighted by Crippen LogP contribution is 2.47. The highest BCUT2D eigenvalue weighted by molar-refractivity contribution is 5.94. The minimum Gasteiger partial charge on any atom is -0.497 e. The number of aromatic nitrogens is 1. The fourth-order valence-electron chi connectivity index (χ4n) is 5.69. The SMILES string of the molecule is COc1ccc([C@@H]2CN(C(=O)c3ccc(C)[nH]c3=O)[C@@H]3C4CCN(CC4)[C@@H]32)cc1. The number of pyridine rings is 1. The number of nitrogens with zero attached hydrogens (tertiary/aromatic N) is 2. The number of carbonyl (C=O) groups excluding carboxylic acids is 1. The van der Waals surface area contributed by atoms with Gasteiger partial charge in [-0.1, -0.05) is 12.1 Å². The number of benzene rings is 1. The van der Waals surface area contributed by atoms with E-state index in [4.69, 9.17) is 4.74 Å². The maximum atomic E-state index is 13.5. The highest BCUT2D eigenvalue weighted by atomic mass is 16.5. The molecule has 1 amide bonds. The Morgan fingerprint density at radius 2 is 1.79 bits per heavy atom. The fourth-order valence-corrected chi connectivity index (χ4v) is 5.69. The molecule has 1 aromatic carbocycles. The van der Waals surface area contributed by atoms with Gasteiger partial charge >= 0.3 is 0 Å². The number of rotatable bonds is 3. The van der Waals surface area contributed by atoms with Crippen molar-refractivity contribution in [1.82, 2.24) is 14.8 Å². The molecule has 6 heteroatoms. The van der Waals surface area contributed by atoms with E-state index >= 15 is 0 Å². The summed E-state index contributed by atoms with van der Waals surface area (Å²) < 4.78 is 5.31. The largest absolute Gasteiger partial charge is 0.497 e. The molecule has 4 aliphatic rings. The van der Waals surface area contributed by atoms with Gasteiger partial charge in [-0.25, -0.2) is 0 Å². The zero-order chi connectivity index (χ0) is 20.1. The second-order valence-corrected chi connectivity index (χ2v) is 8.58. The number of likely N-dealkylation sites (tertiary alicyclic amines) is 1. The number of fused-ring (bicyclic) bond motifs is 2.